The molecule has 2 heterocycles. The van der Waals surface area contributed by atoms with Crippen molar-refractivity contribution in [2.75, 3.05) is 40.4 Å². The van der Waals surface area contributed by atoms with E-state index in [1.165, 1.54) is 0 Å². The molecule has 0 saturated carbocycles. The van der Waals surface area contributed by atoms with Crippen molar-refractivity contribution in [3.63, 3.8) is 0 Å². The maximum atomic E-state index is 12.0. The summed E-state index contributed by atoms with van der Waals surface area (Å²) in [5.41, 5.74) is 1.45. The molecule has 2 aromatic rings. The zero-order valence-corrected chi connectivity index (χ0v) is 14.6. The van der Waals surface area contributed by atoms with Gasteiger partial charge in [-0.25, -0.2) is 0 Å². The Morgan fingerprint density at radius 1 is 1.20 bits per heavy atom. The van der Waals surface area contributed by atoms with Gasteiger partial charge in [0.25, 0.3) is 0 Å². The van der Waals surface area contributed by atoms with E-state index in [2.05, 4.69) is 15.4 Å². The molecule has 134 valence electrons. The maximum Gasteiger partial charge on any atom is 0.226 e. The predicted molar refractivity (Wildman–Crippen MR) is 92.8 cm³/mol. The molecule has 0 atom stereocenters. The molecule has 3 rings (SSSR count). The number of carbonyl (C=O) groups is 1. The van der Waals surface area contributed by atoms with Crippen molar-refractivity contribution in [1.82, 2.24) is 15.4 Å². The summed E-state index contributed by atoms with van der Waals surface area (Å²) in [7, 11) is 4.02. The Hall–Kier alpha value is -2.54. The quantitative estimate of drug-likeness (QED) is 0.770. The Kier molecular flexibility index (Phi) is 5.55. The summed E-state index contributed by atoms with van der Waals surface area (Å²) >= 11 is 0. The van der Waals surface area contributed by atoms with Crippen LogP contribution in [0.4, 0.5) is 0 Å². The van der Waals surface area contributed by atoms with E-state index in [4.69, 9.17) is 14.0 Å². The Bertz CT molecular complexity index is 727. The first kappa shape index (κ1) is 17.3. The van der Waals surface area contributed by atoms with Crippen LogP contribution in [0.25, 0.3) is 11.3 Å². The van der Waals surface area contributed by atoms with Crippen LogP contribution in [0.3, 0.4) is 0 Å². The van der Waals surface area contributed by atoms with Crippen LogP contribution >= 0.6 is 0 Å². The fourth-order valence-electron chi connectivity index (χ4n) is 2.58. The highest BCUT2D eigenvalue weighted by atomic mass is 16.6. The van der Waals surface area contributed by atoms with Gasteiger partial charge in [0.1, 0.15) is 13.2 Å². The number of benzene rings is 1. The monoisotopic (exact) mass is 345 g/mol. The number of fused-ring (bicyclic) bond motifs is 1. The molecule has 0 unspecified atom stereocenters. The molecule has 1 aromatic carbocycles. The topological polar surface area (TPSA) is 76.8 Å². The second kappa shape index (κ2) is 8.02. The van der Waals surface area contributed by atoms with Gasteiger partial charge in [0.15, 0.2) is 17.3 Å². The standard InChI is InChI=1S/C18H23N3O4/c1-21(2)7-3-6-19-18(22)12-14-11-16(25-20-14)13-4-5-15-17(10-13)24-9-8-23-15/h4-5,10-11H,3,6-9,12H2,1-2H3,(H,19,22). The zero-order valence-electron chi connectivity index (χ0n) is 14.6. The van der Waals surface area contributed by atoms with Crippen molar-refractivity contribution in [3.05, 3.63) is 30.0 Å². The largest absolute Gasteiger partial charge is 0.486 e. The summed E-state index contributed by atoms with van der Waals surface area (Å²) in [6.07, 6.45) is 1.12. The molecule has 7 nitrogen and oxygen atoms in total. The van der Waals surface area contributed by atoms with Crippen molar-refractivity contribution in [3.8, 4) is 22.8 Å². The van der Waals surface area contributed by atoms with Crippen molar-refractivity contribution >= 4 is 5.91 Å². The number of nitrogens with zero attached hydrogens (tertiary/aromatic N) is 2. The van der Waals surface area contributed by atoms with Crippen LogP contribution in [0.2, 0.25) is 0 Å². The van der Waals surface area contributed by atoms with Gasteiger partial charge in [0, 0.05) is 18.2 Å². The van der Waals surface area contributed by atoms with Gasteiger partial charge in [-0.2, -0.15) is 0 Å². The molecular formula is C18H23N3O4. The molecule has 1 aliphatic rings. The molecule has 0 fully saturated rings. The molecule has 1 aromatic heterocycles. The normalized spacial score (nSPS) is 13.1. The van der Waals surface area contributed by atoms with Gasteiger partial charge in [-0.15, -0.1) is 0 Å². The van der Waals surface area contributed by atoms with Crippen molar-refractivity contribution in [2.45, 2.75) is 12.8 Å². The fourth-order valence-corrected chi connectivity index (χ4v) is 2.58. The number of aromatic nitrogens is 1. The van der Waals surface area contributed by atoms with Gasteiger partial charge in [-0.3, -0.25) is 4.79 Å². The number of amides is 1. The van der Waals surface area contributed by atoms with Gasteiger partial charge in [0.05, 0.1) is 12.1 Å². The first-order valence-electron chi connectivity index (χ1n) is 8.39. The van der Waals surface area contributed by atoms with Gasteiger partial charge in [-0.1, -0.05) is 5.16 Å². The first-order valence-corrected chi connectivity index (χ1v) is 8.39. The lowest BCUT2D eigenvalue weighted by Gasteiger charge is -2.18. The Morgan fingerprint density at radius 3 is 2.80 bits per heavy atom. The molecule has 1 amide bonds. The van der Waals surface area contributed by atoms with E-state index in [1.54, 1.807) is 6.07 Å². The van der Waals surface area contributed by atoms with Crippen LogP contribution in [0, 0.1) is 0 Å². The van der Waals surface area contributed by atoms with Gasteiger partial charge in [0.2, 0.25) is 5.91 Å². The van der Waals surface area contributed by atoms with Gasteiger partial charge in [-0.05, 0) is 45.3 Å². The number of nitrogens with one attached hydrogen (secondary N) is 1. The first-order chi connectivity index (χ1) is 12.1. The molecule has 0 spiro atoms. The molecule has 25 heavy (non-hydrogen) atoms. The number of hydrogen-bond acceptors (Lipinski definition) is 6. The predicted octanol–water partition coefficient (Wildman–Crippen LogP) is 1.72. The second-order valence-electron chi connectivity index (χ2n) is 6.22. The lowest BCUT2D eigenvalue weighted by Crippen LogP contribution is -2.28. The maximum absolute atomic E-state index is 12.0. The molecule has 0 aliphatic carbocycles. The number of hydrogen-bond donors (Lipinski definition) is 1. The van der Waals surface area contributed by atoms with E-state index >= 15 is 0 Å². The fraction of sp³-hybridized carbons (Fsp3) is 0.444. The molecule has 0 saturated heterocycles. The van der Waals surface area contributed by atoms with Crippen molar-refractivity contribution < 1.29 is 18.8 Å². The third-order valence-corrected chi connectivity index (χ3v) is 3.83. The highest BCUT2D eigenvalue weighted by molar-refractivity contribution is 5.78. The van der Waals surface area contributed by atoms with Crippen LogP contribution in [-0.2, 0) is 11.2 Å². The number of carbonyl (C=O) groups excluding carboxylic acids is 1. The summed E-state index contributed by atoms with van der Waals surface area (Å²) < 4.78 is 16.4. The Labute approximate surface area is 146 Å². The SMILES string of the molecule is CN(C)CCCNC(=O)Cc1cc(-c2ccc3c(c2)OCCO3)on1. The van der Waals surface area contributed by atoms with Crippen LogP contribution in [0.5, 0.6) is 11.5 Å². The van der Waals surface area contributed by atoms with E-state index in [0.717, 1.165) is 24.3 Å². The lowest BCUT2D eigenvalue weighted by atomic mass is 10.1. The Balaban J connectivity index is 1.56. The van der Waals surface area contributed by atoms with E-state index < -0.39 is 0 Å². The second-order valence-corrected chi connectivity index (χ2v) is 6.22. The van der Waals surface area contributed by atoms with E-state index in [0.29, 0.717) is 37.0 Å². The van der Waals surface area contributed by atoms with Crippen molar-refractivity contribution in [2.24, 2.45) is 0 Å². The average molecular weight is 345 g/mol. The summed E-state index contributed by atoms with van der Waals surface area (Å²) in [6.45, 7) is 2.69. The zero-order chi connectivity index (χ0) is 17.6. The third-order valence-electron chi connectivity index (χ3n) is 3.83. The number of ether oxygens (including phenoxy) is 2. The van der Waals surface area contributed by atoms with Crippen LogP contribution in [-0.4, -0.2) is 56.4 Å². The van der Waals surface area contributed by atoms with Gasteiger partial charge < -0.3 is 24.2 Å². The summed E-state index contributed by atoms with van der Waals surface area (Å²) in [6, 6.07) is 7.38. The molecule has 0 radical (unpaired) electrons. The third kappa shape index (κ3) is 4.73. The minimum Gasteiger partial charge on any atom is -0.486 e. The van der Waals surface area contributed by atoms with Gasteiger partial charge >= 0.3 is 0 Å². The molecule has 1 aliphatic heterocycles. The smallest absolute Gasteiger partial charge is 0.226 e. The van der Waals surface area contributed by atoms with Crippen LogP contribution in [0.15, 0.2) is 28.8 Å². The summed E-state index contributed by atoms with van der Waals surface area (Å²) in [5.74, 6) is 1.97. The van der Waals surface area contributed by atoms with Crippen molar-refractivity contribution in [1.29, 1.82) is 0 Å². The number of rotatable bonds is 7. The Morgan fingerprint density at radius 2 is 2.00 bits per heavy atom. The lowest BCUT2D eigenvalue weighted by molar-refractivity contribution is -0.120. The molecule has 0 bridgehead atoms. The molecule has 7 heteroatoms. The van der Waals surface area contributed by atoms with E-state index in [1.807, 2.05) is 32.3 Å². The molecule has 1 N–H and O–H groups in total. The molecular weight excluding hydrogens is 322 g/mol. The summed E-state index contributed by atoms with van der Waals surface area (Å²) in [4.78, 5) is 14.0. The van der Waals surface area contributed by atoms with Crippen LogP contribution in [0.1, 0.15) is 12.1 Å². The summed E-state index contributed by atoms with van der Waals surface area (Å²) in [5, 5.41) is 6.88. The average Bonchev–Trinajstić information content (AvgIpc) is 3.06. The van der Waals surface area contributed by atoms with Crippen LogP contribution < -0.4 is 14.8 Å². The van der Waals surface area contributed by atoms with E-state index in [-0.39, 0.29) is 12.3 Å². The highest BCUT2D eigenvalue weighted by Gasteiger charge is 2.15. The minimum atomic E-state index is -0.0548. The highest BCUT2D eigenvalue weighted by Crippen LogP contribution is 2.34. The minimum absolute atomic E-state index is 0.0548. The van der Waals surface area contributed by atoms with E-state index in [9.17, 15) is 4.79 Å².